The van der Waals surface area contributed by atoms with E-state index in [1.165, 1.54) is 44.2 Å². The lowest BCUT2D eigenvalue weighted by atomic mass is 10.1. The molecule has 0 aliphatic carbocycles. The molecule has 8 nitrogen and oxygen atoms in total. The van der Waals surface area contributed by atoms with Gasteiger partial charge in [-0.2, -0.15) is 10.1 Å². The molecule has 0 spiro atoms. The smallest absolute Gasteiger partial charge is 0.221 e. The van der Waals surface area contributed by atoms with E-state index in [1.54, 1.807) is 11.7 Å². The van der Waals surface area contributed by atoms with Crippen LogP contribution in [0.15, 0.2) is 24.3 Å². The normalized spacial score (nSPS) is 15.4. The highest BCUT2D eigenvalue weighted by atomic mass is 32.2. The fourth-order valence-electron chi connectivity index (χ4n) is 3.42. The Morgan fingerprint density at radius 3 is 2.55 bits per heavy atom. The summed E-state index contributed by atoms with van der Waals surface area (Å²) in [4.78, 5) is 6.74. The minimum absolute atomic E-state index is 0.153. The van der Waals surface area contributed by atoms with Gasteiger partial charge in [0.25, 0.3) is 0 Å². The molecular weight excluding hydrogens is 390 g/mol. The number of hydrogen-bond donors (Lipinski definition) is 1. The Balaban J connectivity index is 1.36. The zero-order valence-corrected chi connectivity index (χ0v) is 18.1. The van der Waals surface area contributed by atoms with E-state index in [1.807, 2.05) is 12.1 Å². The number of nitrogens with zero attached hydrogens (tertiary/aromatic N) is 4. The lowest BCUT2D eigenvalue weighted by Crippen LogP contribution is -2.28. The summed E-state index contributed by atoms with van der Waals surface area (Å²) in [5, 5.41) is 7.29. The van der Waals surface area contributed by atoms with Gasteiger partial charge in [0.15, 0.2) is 15.7 Å². The molecule has 2 heterocycles. The van der Waals surface area contributed by atoms with Gasteiger partial charge in [0.05, 0.1) is 6.61 Å². The van der Waals surface area contributed by atoms with Gasteiger partial charge in [-0.05, 0) is 50.0 Å². The Labute approximate surface area is 173 Å². The summed E-state index contributed by atoms with van der Waals surface area (Å²) in [6.07, 6.45) is 5.94. The minimum Gasteiger partial charge on any atom is -0.494 e. The van der Waals surface area contributed by atoms with Gasteiger partial charge < -0.3 is 10.1 Å². The number of aryl methyl sites for hydroxylation is 1. The van der Waals surface area contributed by atoms with E-state index in [0.29, 0.717) is 24.9 Å². The molecule has 29 heavy (non-hydrogen) atoms. The van der Waals surface area contributed by atoms with Crippen molar-refractivity contribution in [3.8, 4) is 5.75 Å². The van der Waals surface area contributed by atoms with E-state index in [2.05, 4.69) is 32.4 Å². The molecule has 1 aliphatic heterocycles. The van der Waals surface area contributed by atoms with Crippen LogP contribution in [0.2, 0.25) is 0 Å². The third-order valence-electron chi connectivity index (χ3n) is 4.85. The highest BCUT2D eigenvalue weighted by Gasteiger charge is 2.12. The van der Waals surface area contributed by atoms with Crippen LogP contribution in [-0.4, -0.2) is 60.6 Å². The highest BCUT2D eigenvalue weighted by Crippen LogP contribution is 2.16. The average Bonchev–Trinajstić information content (AvgIpc) is 3.01. The molecule has 0 radical (unpaired) electrons. The van der Waals surface area contributed by atoms with Crippen molar-refractivity contribution in [2.24, 2.45) is 7.05 Å². The Bertz CT molecular complexity index is 874. The lowest BCUT2D eigenvalue weighted by molar-refractivity contribution is 0.221. The third-order valence-corrected chi connectivity index (χ3v) is 5.63. The molecule has 2 aromatic rings. The van der Waals surface area contributed by atoms with Gasteiger partial charge in [0.2, 0.25) is 5.95 Å². The van der Waals surface area contributed by atoms with E-state index >= 15 is 0 Å². The average molecular weight is 422 g/mol. The van der Waals surface area contributed by atoms with Gasteiger partial charge in [-0.15, -0.1) is 0 Å². The first-order valence-corrected chi connectivity index (χ1v) is 12.2. The van der Waals surface area contributed by atoms with Crippen molar-refractivity contribution in [2.75, 3.05) is 37.8 Å². The van der Waals surface area contributed by atoms with Crippen LogP contribution in [-0.2, 0) is 29.2 Å². The van der Waals surface area contributed by atoms with E-state index in [0.717, 1.165) is 18.7 Å². The number of aromatic nitrogens is 3. The number of anilines is 1. The Morgan fingerprint density at radius 1 is 1.14 bits per heavy atom. The predicted molar refractivity (Wildman–Crippen MR) is 114 cm³/mol. The van der Waals surface area contributed by atoms with E-state index in [9.17, 15) is 8.42 Å². The maximum absolute atomic E-state index is 11.3. The molecule has 1 fully saturated rings. The first-order valence-electron chi connectivity index (χ1n) is 10.1. The SMILES string of the molecule is Cn1nc(CS(C)(=O)=O)nc1NCCCOc1ccc(CN2CCCCC2)cc1. The quantitative estimate of drug-likeness (QED) is 0.588. The van der Waals surface area contributed by atoms with E-state index in [-0.39, 0.29) is 5.75 Å². The zero-order chi connectivity index (χ0) is 20.7. The van der Waals surface area contributed by atoms with E-state index in [4.69, 9.17) is 4.74 Å². The summed E-state index contributed by atoms with van der Waals surface area (Å²) >= 11 is 0. The number of ether oxygens (including phenoxy) is 1. The van der Waals surface area contributed by atoms with Crippen molar-refractivity contribution < 1.29 is 13.2 Å². The summed E-state index contributed by atoms with van der Waals surface area (Å²) < 4.78 is 30.1. The van der Waals surface area contributed by atoms with E-state index < -0.39 is 9.84 Å². The summed E-state index contributed by atoms with van der Waals surface area (Å²) in [5.74, 6) is 1.59. The molecule has 0 saturated carbocycles. The molecule has 0 bridgehead atoms. The molecule has 0 atom stereocenters. The fraction of sp³-hybridized carbons (Fsp3) is 0.600. The topological polar surface area (TPSA) is 89.3 Å². The standard InChI is InChI=1S/C20H31N5O3S/c1-24-20(22-19(23-24)16-29(2,26)27)21-11-6-14-28-18-9-7-17(8-10-18)15-25-12-4-3-5-13-25/h7-10H,3-6,11-16H2,1-2H3,(H,21,22,23). The second kappa shape index (κ2) is 10.1. The number of likely N-dealkylation sites (tertiary alicyclic amines) is 1. The zero-order valence-electron chi connectivity index (χ0n) is 17.3. The molecule has 9 heteroatoms. The van der Waals surface area contributed by atoms with Gasteiger partial charge in [-0.1, -0.05) is 18.6 Å². The minimum atomic E-state index is -3.14. The summed E-state index contributed by atoms with van der Waals surface area (Å²) in [5.41, 5.74) is 1.33. The van der Waals surface area contributed by atoms with Crippen molar-refractivity contribution in [3.63, 3.8) is 0 Å². The van der Waals surface area contributed by atoms with Gasteiger partial charge in [-0.25, -0.2) is 13.1 Å². The van der Waals surface area contributed by atoms with Crippen LogP contribution in [0.4, 0.5) is 5.95 Å². The van der Waals surface area contributed by atoms with Crippen molar-refractivity contribution >= 4 is 15.8 Å². The fourth-order valence-corrected chi connectivity index (χ4v) is 4.01. The van der Waals surface area contributed by atoms with Gasteiger partial charge >= 0.3 is 0 Å². The van der Waals surface area contributed by atoms with Crippen molar-refractivity contribution in [2.45, 2.75) is 38.0 Å². The molecule has 1 aliphatic rings. The number of hydrogen-bond acceptors (Lipinski definition) is 7. The molecule has 1 aromatic heterocycles. The number of nitrogens with one attached hydrogen (secondary N) is 1. The van der Waals surface area contributed by atoms with Crippen LogP contribution < -0.4 is 10.1 Å². The Morgan fingerprint density at radius 2 is 1.86 bits per heavy atom. The maximum atomic E-state index is 11.3. The maximum Gasteiger partial charge on any atom is 0.221 e. The van der Waals surface area contributed by atoms with Crippen molar-refractivity contribution in [1.29, 1.82) is 0 Å². The first-order chi connectivity index (χ1) is 13.9. The number of sulfone groups is 1. The largest absolute Gasteiger partial charge is 0.494 e. The van der Waals surface area contributed by atoms with Crippen LogP contribution in [0.1, 0.15) is 37.1 Å². The van der Waals surface area contributed by atoms with Gasteiger partial charge in [-0.3, -0.25) is 4.90 Å². The molecule has 0 unspecified atom stereocenters. The van der Waals surface area contributed by atoms with Crippen molar-refractivity contribution in [3.05, 3.63) is 35.7 Å². The number of benzene rings is 1. The third kappa shape index (κ3) is 7.32. The number of piperidine rings is 1. The molecule has 1 saturated heterocycles. The molecular formula is C20H31N5O3S. The predicted octanol–water partition coefficient (Wildman–Crippen LogP) is 2.23. The highest BCUT2D eigenvalue weighted by molar-refractivity contribution is 7.89. The van der Waals surface area contributed by atoms with Crippen LogP contribution in [0.5, 0.6) is 5.75 Å². The molecule has 0 amide bonds. The van der Waals surface area contributed by atoms with Gasteiger partial charge in [0.1, 0.15) is 11.5 Å². The van der Waals surface area contributed by atoms with Crippen LogP contribution in [0, 0.1) is 0 Å². The van der Waals surface area contributed by atoms with Crippen LogP contribution >= 0.6 is 0 Å². The van der Waals surface area contributed by atoms with Gasteiger partial charge in [0, 0.05) is 26.4 Å². The molecule has 160 valence electrons. The molecule has 1 N–H and O–H groups in total. The van der Waals surface area contributed by atoms with Crippen LogP contribution in [0.3, 0.4) is 0 Å². The first kappa shape index (κ1) is 21.6. The summed E-state index contributed by atoms with van der Waals surface area (Å²) in [6, 6.07) is 8.36. The summed E-state index contributed by atoms with van der Waals surface area (Å²) in [6.45, 7) is 4.67. The van der Waals surface area contributed by atoms with Crippen LogP contribution in [0.25, 0.3) is 0 Å². The second-order valence-corrected chi connectivity index (χ2v) is 9.80. The Hall–Kier alpha value is -2.13. The molecule has 3 rings (SSSR count). The lowest BCUT2D eigenvalue weighted by Gasteiger charge is -2.26. The van der Waals surface area contributed by atoms with Crippen molar-refractivity contribution in [1.82, 2.24) is 19.7 Å². The Kier molecular flexibility index (Phi) is 7.49. The number of rotatable bonds is 10. The second-order valence-electron chi connectivity index (χ2n) is 7.65. The molecule has 1 aromatic carbocycles. The summed E-state index contributed by atoms with van der Waals surface area (Å²) in [7, 11) is -1.40. The monoisotopic (exact) mass is 421 g/mol.